The highest BCUT2D eigenvalue weighted by atomic mass is 32.2. The van der Waals surface area contributed by atoms with Crippen molar-refractivity contribution >= 4 is 21.7 Å². The van der Waals surface area contributed by atoms with Crippen LogP contribution in [-0.2, 0) is 16.6 Å². The lowest BCUT2D eigenvalue weighted by molar-refractivity contribution is 0.251. The van der Waals surface area contributed by atoms with Crippen molar-refractivity contribution in [1.82, 2.24) is 10.0 Å². The first kappa shape index (κ1) is 20.7. The van der Waals surface area contributed by atoms with Crippen molar-refractivity contribution in [1.29, 1.82) is 0 Å². The zero-order valence-corrected chi connectivity index (χ0v) is 16.5. The Morgan fingerprint density at radius 3 is 2.37 bits per heavy atom. The number of benzene rings is 2. The molecule has 8 heteroatoms. The van der Waals surface area contributed by atoms with Gasteiger partial charge in [-0.15, -0.1) is 0 Å². The molecule has 0 saturated carbocycles. The molecule has 0 aliphatic rings. The summed E-state index contributed by atoms with van der Waals surface area (Å²) in [5, 5.41) is 5.40. The predicted octanol–water partition coefficient (Wildman–Crippen LogP) is 2.95. The van der Waals surface area contributed by atoms with E-state index in [9.17, 15) is 13.2 Å². The van der Waals surface area contributed by atoms with Crippen LogP contribution in [-0.4, -0.2) is 28.1 Å². The quantitative estimate of drug-likeness (QED) is 0.645. The van der Waals surface area contributed by atoms with E-state index in [1.165, 1.54) is 19.2 Å². The van der Waals surface area contributed by atoms with Crippen LogP contribution in [0, 0.1) is 5.92 Å². The number of rotatable bonds is 8. The van der Waals surface area contributed by atoms with Gasteiger partial charge in [0.2, 0.25) is 10.0 Å². The number of hydrogen-bond acceptors (Lipinski definition) is 4. The molecular weight excluding hydrogens is 366 g/mol. The topological polar surface area (TPSA) is 96.5 Å². The Balaban J connectivity index is 1.99. The van der Waals surface area contributed by atoms with E-state index in [0.717, 1.165) is 5.56 Å². The molecule has 2 rings (SSSR count). The Morgan fingerprint density at radius 2 is 1.74 bits per heavy atom. The summed E-state index contributed by atoms with van der Waals surface area (Å²) in [5.74, 6) is 0.963. The molecule has 0 heterocycles. The molecule has 0 unspecified atom stereocenters. The van der Waals surface area contributed by atoms with Crippen LogP contribution >= 0.6 is 0 Å². The van der Waals surface area contributed by atoms with E-state index < -0.39 is 10.0 Å². The lowest BCUT2D eigenvalue weighted by atomic mass is 10.2. The molecule has 0 atom stereocenters. The van der Waals surface area contributed by atoms with Crippen LogP contribution in [0.15, 0.2) is 53.4 Å². The van der Waals surface area contributed by atoms with Gasteiger partial charge in [-0.25, -0.2) is 17.9 Å². The molecule has 0 radical (unpaired) electrons. The average Bonchev–Trinajstić information content (AvgIpc) is 2.65. The number of ether oxygens (including phenoxy) is 1. The van der Waals surface area contributed by atoms with Gasteiger partial charge in [0.05, 0.1) is 12.0 Å². The van der Waals surface area contributed by atoms with Crippen LogP contribution in [0.4, 0.5) is 10.5 Å². The number of carbonyl (C=O) groups excluding carboxylic acids is 1. The Morgan fingerprint density at radius 1 is 1.07 bits per heavy atom. The van der Waals surface area contributed by atoms with E-state index in [2.05, 4.69) is 15.4 Å². The largest absolute Gasteiger partial charge is 0.496 e. The smallest absolute Gasteiger partial charge is 0.319 e. The summed E-state index contributed by atoms with van der Waals surface area (Å²) >= 11 is 0. The van der Waals surface area contributed by atoms with Crippen molar-refractivity contribution < 1.29 is 17.9 Å². The fourth-order valence-electron chi connectivity index (χ4n) is 2.29. The Labute approximate surface area is 160 Å². The van der Waals surface area contributed by atoms with Gasteiger partial charge >= 0.3 is 6.03 Å². The summed E-state index contributed by atoms with van der Waals surface area (Å²) in [5.41, 5.74) is 1.25. The standard InChI is InChI=1S/C19H25N3O4S/c1-14(2)12-20-19(23)22-16-8-10-17(11-9-16)27(24,25)21-13-15-6-4-5-7-18(15)26-3/h4-11,14,21H,12-13H2,1-3H3,(H2,20,22,23). The van der Waals surface area contributed by atoms with Gasteiger partial charge in [0.15, 0.2) is 0 Å². The fourth-order valence-corrected chi connectivity index (χ4v) is 3.30. The number of urea groups is 1. The summed E-state index contributed by atoms with van der Waals surface area (Å²) in [6.07, 6.45) is 0. The van der Waals surface area contributed by atoms with Crippen molar-refractivity contribution in [3.05, 3.63) is 54.1 Å². The molecule has 2 aromatic carbocycles. The van der Waals surface area contributed by atoms with Crippen molar-refractivity contribution in [2.45, 2.75) is 25.3 Å². The molecule has 27 heavy (non-hydrogen) atoms. The number of carbonyl (C=O) groups is 1. The van der Waals surface area contributed by atoms with Gasteiger partial charge in [-0.3, -0.25) is 0 Å². The second-order valence-electron chi connectivity index (χ2n) is 6.39. The zero-order chi connectivity index (χ0) is 19.9. The van der Waals surface area contributed by atoms with Gasteiger partial charge in [0, 0.05) is 24.3 Å². The maximum absolute atomic E-state index is 12.5. The number of anilines is 1. The van der Waals surface area contributed by atoms with E-state index in [1.54, 1.807) is 24.3 Å². The van der Waals surface area contributed by atoms with E-state index in [0.29, 0.717) is 23.9 Å². The van der Waals surface area contributed by atoms with E-state index >= 15 is 0 Å². The number of hydrogen-bond donors (Lipinski definition) is 3. The molecule has 0 fully saturated rings. The third-order valence-electron chi connectivity index (χ3n) is 3.74. The first-order chi connectivity index (χ1) is 12.8. The van der Waals surface area contributed by atoms with Crippen molar-refractivity contribution in [2.75, 3.05) is 19.0 Å². The van der Waals surface area contributed by atoms with Crippen LogP contribution in [0.25, 0.3) is 0 Å². The van der Waals surface area contributed by atoms with Crippen molar-refractivity contribution in [3.63, 3.8) is 0 Å². The Kier molecular flexibility index (Phi) is 7.20. The molecule has 0 aliphatic heterocycles. The van der Waals surface area contributed by atoms with E-state index in [4.69, 9.17) is 4.74 Å². The maximum atomic E-state index is 12.5. The molecule has 0 aromatic heterocycles. The summed E-state index contributed by atoms with van der Waals surface area (Å²) < 4.78 is 32.7. The molecule has 2 aromatic rings. The Bertz CT molecular complexity index is 865. The van der Waals surface area contributed by atoms with Crippen LogP contribution in [0.3, 0.4) is 0 Å². The number of sulfonamides is 1. The minimum atomic E-state index is -3.68. The molecule has 0 saturated heterocycles. The molecule has 2 amide bonds. The lowest BCUT2D eigenvalue weighted by Crippen LogP contribution is -2.31. The van der Waals surface area contributed by atoms with Gasteiger partial charge in [-0.2, -0.15) is 0 Å². The third-order valence-corrected chi connectivity index (χ3v) is 5.16. The van der Waals surface area contributed by atoms with Crippen LogP contribution in [0.1, 0.15) is 19.4 Å². The van der Waals surface area contributed by atoms with Gasteiger partial charge < -0.3 is 15.4 Å². The normalized spacial score (nSPS) is 11.3. The second kappa shape index (κ2) is 9.38. The Hall–Kier alpha value is -2.58. The minimum absolute atomic E-state index is 0.115. The molecule has 0 aliphatic carbocycles. The van der Waals surface area contributed by atoms with Crippen molar-refractivity contribution in [2.24, 2.45) is 5.92 Å². The summed E-state index contributed by atoms with van der Waals surface area (Å²) in [6.45, 7) is 4.67. The van der Waals surface area contributed by atoms with Gasteiger partial charge in [-0.05, 0) is 36.2 Å². The average molecular weight is 391 g/mol. The van der Waals surface area contributed by atoms with Gasteiger partial charge in [-0.1, -0.05) is 32.0 Å². The SMILES string of the molecule is COc1ccccc1CNS(=O)(=O)c1ccc(NC(=O)NCC(C)C)cc1. The highest BCUT2D eigenvalue weighted by Gasteiger charge is 2.15. The first-order valence-corrected chi connectivity index (χ1v) is 10.1. The molecule has 3 N–H and O–H groups in total. The minimum Gasteiger partial charge on any atom is -0.496 e. The van der Waals surface area contributed by atoms with Crippen LogP contribution in [0.5, 0.6) is 5.75 Å². The monoisotopic (exact) mass is 391 g/mol. The highest BCUT2D eigenvalue weighted by molar-refractivity contribution is 7.89. The van der Waals surface area contributed by atoms with E-state index in [-0.39, 0.29) is 17.5 Å². The van der Waals surface area contributed by atoms with Crippen LogP contribution < -0.4 is 20.1 Å². The first-order valence-electron chi connectivity index (χ1n) is 8.58. The number of nitrogens with one attached hydrogen (secondary N) is 3. The van der Waals surface area contributed by atoms with E-state index in [1.807, 2.05) is 26.0 Å². The highest BCUT2D eigenvalue weighted by Crippen LogP contribution is 2.19. The third kappa shape index (κ3) is 6.26. The predicted molar refractivity (Wildman–Crippen MR) is 105 cm³/mol. The summed E-state index contributed by atoms with van der Waals surface area (Å²) in [7, 11) is -2.15. The molecule has 7 nitrogen and oxygen atoms in total. The second-order valence-corrected chi connectivity index (χ2v) is 8.16. The lowest BCUT2D eigenvalue weighted by Gasteiger charge is -2.11. The summed E-state index contributed by atoms with van der Waals surface area (Å²) in [6, 6.07) is 12.9. The molecule has 0 spiro atoms. The van der Waals surface area contributed by atoms with Crippen molar-refractivity contribution in [3.8, 4) is 5.75 Å². The molecule has 146 valence electrons. The zero-order valence-electron chi connectivity index (χ0n) is 15.7. The number of methoxy groups -OCH3 is 1. The fraction of sp³-hybridized carbons (Fsp3) is 0.316. The molecular formula is C19H25N3O4S. The maximum Gasteiger partial charge on any atom is 0.319 e. The summed E-state index contributed by atoms with van der Waals surface area (Å²) in [4.78, 5) is 11.9. The number of amides is 2. The van der Waals surface area contributed by atoms with Gasteiger partial charge in [0.1, 0.15) is 5.75 Å². The van der Waals surface area contributed by atoms with Gasteiger partial charge in [0.25, 0.3) is 0 Å². The van der Waals surface area contributed by atoms with Crippen LogP contribution in [0.2, 0.25) is 0 Å². The molecule has 0 bridgehead atoms. The number of para-hydroxylation sites is 1.